The molecule has 1 heterocycles. The standard InChI is InChI=1S/C20H27NO3/c1-5-15-8-10-16(11-9-15)20(3,4)19(23)21-14(2)13-17(22)18-7-6-12-24-18/h6-12,14,17,22H,5,13H2,1-4H3,(H,21,23). The SMILES string of the molecule is CCc1ccc(C(C)(C)C(=O)NC(C)CC(O)c2ccco2)cc1. The quantitative estimate of drug-likeness (QED) is 0.813. The minimum absolute atomic E-state index is 0.0501. The van der Waals surface area contributed by atoms with Gasteiger partial charge < -0.3 is 14.8 Å². The van der Waals surface area contributed by atoms with Gasteiger partial charge in [-0.25, -0.2) is 0 Å². The number of hydrogen-bond donors (Lipinski definition) is 2. The summed E-state index contributed by atoms with van der Waals surface area (Å²) in [5.74, 6) is 0.469. The molecule has 0 aliphatic rings. The lowest BCUT2D eigenvalue weighted by Gasteiger charge is -2.27. The van der Waals surface area contributed by atoms with E-state index in [1.54, 1.807) is 12.1 Å². The smallest absolute Gasteiger partial charge is 0.230 e. The van der Waals surface area contributed by atoms with Crippen LogP contribution in [-0.4, -0.2) is 17.1 Å². The Hall–Kier alpha value is -2.07. The van der Waals surface area contributed by atoms with E-state index in [0.717, 1.165) is 12.0 Å². The molecule has 2 atom stereocenters. The van der Waals surface area contributed by atoms with Gasteiger partial charge in [0.2, 0.25) is 5.91 Å². The molecule has 2 N–H and O–H groups in total. The van der Waals surface area contributed by atoms with Crippen LogP contribution in [0.2, 0.25) is 0 Å². The second-order valence-corrected chi connectivity index (χ2v) is 6.82. The summed E-state index contributed by atoms with van der Waals surface area (Å²) < 4.78 is 5.20. The van der Waals surface area contributed by atoms with E-state index in [0.29, 0.717) is 12.2 Å². The van der Waals surface area contributed by atoms with E-state index >= 15 is 0 Å². The lowest BCUT2D eigenvalue weighted by Crippen LogP contribution is -2.44. The molecule has 0 spiro atoms. The molecule has 0 fully saturated rings. The van der Waals surface area contributed by atoms with Crippen LogP contribution in [-0.2, 0) is 16.6 Å². The van der Waals surface area contributed by atoms with Gasteiger partial charge in [0.05, 0.1) is 11.7 Å². The molecule has 24 heavy (non-hydrogen) atoms. The number of benzene rings is 1. The van der Waals surface area contributed by atoms with E-state index in [9.17, 15) is 9.90 Å². The molecule has 0 bridgehead atoms. The van der Waals surface area contributed by atoms with Crippen LogP contribution in [0.25, 0.3) is 0 Å². The van der Waals surface area contributed by atoms with Crippen LogP contribution < -0.4 is 5.32 Å². The van der Waals surface area contributed by atoms with Crippen molar-refractivity contribution in [2.45, 2.75) is 58.1 Å². The summed E-state index contributed by atoms with van der Waals surface area (Å²) in [7, 11) is 0. The normalized spacial score (nSPS) is 14.2. The number of aliphatic hydroxyl groups excluding tert-OH is 1. The summed E-state index contributed by atoms with van der Waals surface area (Å²) in [5, 5.41) is 13.1. The zero-order valence-corrected chi connectivity index (χ0v) is 14.9. The molecule has 2 rings (SSSR count). The van der Waals surface area contributed by atoms with Crippen LogP contribution in [0.1, 0.15) is 57.1 Å². The molecule has 2 unspecified atom stereocenters. The van der Waals surface area contributed by atoms with Gasteiger partial charge >= 0.3 is 0 Å². The molecule has 4 nitrogen and oxygen atoms in total. The van der Waals surface area contributed by atoms with E-state index < -0.39 is 11.5 Å². The van der Waals surface area contributed by atoms with Gasteiger partial charge in [-0.15, -0.1) is 0 Å². The van der Waals surface area contributed by atoms with Crippen LogP contribution in [0, 0.1) is 0 Å². The summed E-state index contributed by atoms with van der Waals surface area (Å²) in [4.78, 5) is 12.7. The lowest BCUT2D eigenvalue weighted by molar-refractivity contribution is -0.126. The molecule has 2 aromatic rings. The van der Waals surface area contributed by atoms with Crippen molar-refractivity contribution in [2.75, 3.05) is 0 Å². The monoisotopic (exact) mass is 329 g/mol. The second kappa shape index (κ2) is 7.67. The topological polar surface area (TPSA) is 62.5 Å². The first kappa shape index (κ1) is 18.3. The van der Waals surface area contributed by atoms with E-state index in [2.05, 4.69) is 24.4 Å². The van der Waals surface area contributed by atoms with Crippen molar-refractivity contribution in [3.8, 4) is 0 Å². The average Bonchev–Trinajstić information content (AvgIpc) is 3.09. The predicted molar refractivity (Wildman–Crippen MR) is 94.7 cm³/mol. The Morgan fingerprint density at radius 1 is 1.25 bits per heavy atom. The van der Waals surface area contributed by atoms with Crippen LogP contribution in [0.5, 0.6) is 0 Å². The molecule has 1 aromatic carbocycles. The number of hydrogen-bond acceptors (Lipinski definition) is 3. The first-order chi connectivity index (χ1) is 11.3. The van der Waals surface area contributed by atoms with Crippen molar-refractivity contribution in [3.05, 3.63) is 59.5 Å². The fraction of sp³-hybridized carbons (Fsp3) is 0.450. The van der Waals surface area contributed by atoms with E-state index in [-0.39, 0.29) is 11.9 Å². The van der Waals surface area contributed by atoms with E-state index in [4.69, 9.17) is 4.42 Å². The third-order valence-electron chi connectivity index (χ3n) is 4.48. The molecular formula is C20H27NO3. The van der Waals surface area contributed by atoms with Crippen LogP contribution >= 0.6 is 0 Å². The van der Waals surface area contributed by atoms with Gasteiger partial charge in [-0.3, -0.25) is 4.79 Å². The number of aliphatic hydroxyl groups is 1. The summed E-state index contributed by atoms with van der Waals surface area (Å²) in [6.45, 7) is 7.83. The largest absolute Gasteiger partial charge is 0.467 e. The number of carbonyl (C=O) groups is 1. The molecule has 4 heteroatoms. The number of nitrogens with one attached hydrogen (secondary N) is 1. The van der Waals surface area contributed by atoms with Gasteiger partial charge in [0.1, 0.15) is 11.9 Å². The van der Waals surface area contributed by atoms with Gasteiger partial charge in [-0.2, -0.15) is 0 Å². The minimum atomic E-state index is -0.720. The first-order valence-corrected chi connectivity index (χ1v) is 8.46. The Balaban J connectivity index is 1.98. The Bertz CT molecular complexity index is 644. The van der Waals surface area contributed by atoms with Crippen molar-refractivity contribution in [1.82, 2.24) is 5.32 Å². The zero-order valence-electron chi connectivity index (χ0n) is 14.9. The summed E-state index contributed by atoms with van der Waals surface area (Å²) >= 11 is 0. The number of aryl methyl sites for hydroxylation is 1. The average molecular weight is 329 g/mol. The molecule has 0 saturated carbocycles. The third-order valence-corrected chi connectivity index (χ3v) is 4.48. The highest BCUT2D eigenvalue weighted by molar-refractivity contribution is 5.87. The number of rotatable bonds is 7. The number of furan rings is 1. The summed E-state index contributed by atoms with van der Waals surface area (Å²) in [5.41, 5.74) is 1.61. The van der Waals surface area contributed by atoms with Gasteiger partial charge in [-0.1, -0.05) is 31.2 Å². The Kier molecular flexibility index (Phi) is 5.84. The van der Waals surface area contributed by atoms with Crippen LogP contribution in [0.4, 0.5) is 0 Å². The maximum Gasteiger partial charge on any atom is 0.230 e. The molecule has 0 saturated heterocycles. The van der Waals surface area contributed by atoms with Gasteiger partial charge in [-0.05, 0) is 50.5 Å². The van der Waals surface area contributed by atoms with Crippen LogP contribution in [0.15, 0.2) is 47.1 Å². The molecule has 0 radical (unpaired) electrons. The van der Waals surface area contributed by atoms with Crippen molar-refractivity contribution < 1.29 is 14.3 Å². The molecule has 1 aromatic heterocycles. The summed E-state index contributed by atoms with van der Waals surface area (Å²) in [6, 6.07) is 11.5. The maximum absolute atomic E-state index is 12.7. The van der Waals surface area contributed by atoms with Crippen molar-refractivity contribution >= 4 is 5.91 Å². The summed E-state index contributed by atoms with van der Waals surface area (Å²) in [6.07, 6.45) is 2.20. The molecule has 0 aliphatic carbocycles. The zero-order chi connectivity index (χ0) is 17.7. The Morgan fingerprint density at radius 3 is 2.46 bits per heavy atom. The Labute approximate surface area is 143 Å². The van der Waals surface area contributed by atoms with Crippen molar-refractivity contribution in [2.24, 2.45) is 0 Å². The van der Waals surface area contributed by atoms with Crippen LogP contribution in [0.3, 0.4) is 0 Å². The Morgan fingerprint density at radius 2 is 1.92 bits per heavy atom. The first-order valence-electron chi connectivity index (χ1n) is 8.46. The molecule has 1 amide bonds. The lowest BCUT2D eigenvalue weighted by atomic mass is 9.83. The van der Waals surface area contributed by atoms with Gasteiger partial charge in [0, 0.05) is 12.5 Å². The molecule has 0 aliphatic heterocycles. The maximum atomic E-state index is 12.7. The minimum Gasteiger partial charge on any atom is -0.467 e. The number of carbonyl (C=O) groups excluding carboxylic acids is 1. The molecule has 130 valence electrons. The van der Waals surface area contributed by atoms with Gasteiger partial charge in [0.25, 0.3) is 0 Å². The van der Waals surface area contributed by atoms with E-state index in [1.807, 2.05) is 32.9 Å². The van der Waals surface area contributed by atoms with Gasteiger partial charge in [0.15, 0.2) is 0 Å². The predicted octanol–water partition coefficient (Wildman–Crippen LogP) is 3.75. The highest BCUT2D eigenvalue weighted by Gasteiger charge is 2.31. The number of amides is 1. The third kappa shape index (κ3) is 4.26. The highest BCUT2D eigenvalue weighted by atomic mass is 16.4. The van der Waals surface area contributed by atoms with Crippen molar-refractivity contribution in [3.63, 3.8) is 0 Å². The fourth-order valence-corrected chi connectivity index (χ4v) is 2.68. The van der Waals surface area contributed by atoms with Crippen molar-refractivity contribution in [1.29, 1.82) is 0 Å². The fourth-order valence-electron chi connectivity index (χ4n) is 2.68. The second-order valence-electron chi connectivity index (χ2n) is 6.82. The highest BCUT2D eigenvalue weighted by Crippen LogP contribution is 2.25. The van der Waals surface area contributed by atoms with E-state index in [1.165, 1.54) is 11.8 Å². The molecular weight excluding hydrogens is 302 g/mol.